The van der Waals surface area contributed by atoms with Gasteiger partial charge in [0.25, 0.3) is 0 Å². The summed E-state index contributed by atoms with van der Waals surface area (Å²) in [6.45, 7) is 7.18. The lowest BCUT2D eigenvalue weighted by Crippen LogP contribution is -2.36. The van der Waals surface area contributed by atoms with Gasteiger partial charge in [0.05, 0.1) is 12.6 Å². The molecule has 0 saturated carbocycles. The molecule has 0 amide bonds. The van der Waals surface area contributed by atoms with Crippen molar-refractivity contribution in [2.45, 2.75) is 32.9 Å². The zero-order valence-electron chi connectivity index (χ0n) is 11.7. The van der Waals surface area contributed by atoms with Crippen molar-refractivity contribution >= 4 is 17.3 Å². The zero-order chi connectivity index (χ0) is 13.8. The summed E-state index contributed by atoms with van der Waals surface area (Å²) in [5, 5.41) is 13.8. The molecule has 1 heterocycles. The first kappa shape index (κ1) is 14.6. The second-order valence-electron chi connectivity index (χ2n) is 5.23. The van der Waals surface area contributed by atoms with Gasteiger partial charge in [0, 0.05) is 29.4 Å². The minimum Gasteiger partial charge on any atom is -0.394 e. The van der Waals surface area contributed by atoms with E-state index in [1.165, 1.54) is 0 Å². The molecule has 2 N–H and O–H groups in total. The minimum absolute atomic E-state index is 0.203. The topological polar surface area (TPSA) is 35.5 Å². The molecule has 1 fully saturated rings. The standard InChI is InChI=1S/C15H23ClN2O/c1-3-17-9-12-13(16)5-4-6-14(12)18-8-7-11(2)15(18)10-19/h4-6,11,15,17,19H,3,7-10H2,1-2H3. The lowest BCUT2D eigenvalue weighted by atomic mass is 10.0. The van der Waals surface area contributed by atoms with E-state index in [1.54, 1.807) is 0 Å². The van der Waals surface area contributed by atoms with Gasteiger partial charge in [-0.2, -0.15) is 0 Å². The number of rotatable bonds is 5. The van der Waals surface area contributed by atoms with Gasteiger partial charge in [-0.15, -0.1) is 0 Å². The molecule has 2 rings (SSSR count). The van der Waals surface area contributed by atoms with Gasteiger partial charge >= 0.3 is 0 Å². The summed E-state index contributed by atoms with van der Waals surface area (Å²) in [6, 6.07) is 6.24. The van der Waals surface area contributed by atoms with Crippen LogP contribution < -0.4 is 10.2 Å². The fourth-order valence-corrected chi connectivity index (χ4v) is 3.06. The normalized spacial score (nSPS) is 23.1. The summed E-state index contributed by atoms with van der Waals surface area (Å²) in [5.41, 5.74) is 2.30. The Kier molecular flexibility index (Phi) is 5.08. The van der Waals surface area contributed by atoms with Gasteiger partial charge in [-0.3, -0.25) is 0 Å². The molecule has 3 nitrogen and oxygen atoms in total. The van der Waals surface area contributed by atoms with Crippen LogP contribution >= 0.6 is 11.6 Å². The van der Waals surface area contributed by atoms with E-state index in [0.29, 0.717) is 5.92 Å². The molecule has 0 radical (unpaired) electrons. The molecule has 2 atom stereocenters. The van der Waals surface area contributed by atoms with Crippen molar-refractivity contribution in [1.82, 2.24) is 5.32 Å². The molecule has 106 valence electrons. The van der Waals surface area contributed by atoms with E-state index >= 15 is 0 Å². The molecule has 1 saturated heterocycles. The molecule has 2 unspecified atom stereocenters. The smallest absolute Gasteiger partial charge is 0.0637 e. The Hall–Kier alpha value is -0.770. The number of nitrogens with zero attached hydrogens (tertiary/aromatic N) is 1. The predicted molar refractivity (Wildman–Crippen MR) is 80.8 cm³/mol. The molecule has 0 bridgehead atoms. The maximum atomic E-state index is 9.61. The Bertz CT molecular complexity index is 425. The Morgan fingerprint density at radius 3 is 2.95 bits per heavy atom. The lowest BCUT2D eigenvalue weighted by Gasteiger charge is -2.29. The number of benzene rings is 1. The van der Waals surface area contributed by atoms with Crippen LogP contribution in [0.2, 0.25) is 5.02 Å². The zero-order valence-corrected chi connectivity index (χ0v) is 12.5. The molecule has 1 aromatic rings. The van der Waals surface area contributed by atoms with Crippen LogP contribution in [0.25, 0.3) is 0 Å². The van der Waals surface area contributed by atoms with Crippen LogP contribution in [0.15, 0.2) is 18.2 Å². The third-order valence-electron chi connectivity index (χ3n) is 4.02. The van der Waals surface area contributed by atoms with Crippen molar-refractivity contribution in [3.05, 3.63) is 28.8 Å². The number of halogens is 1. The highest BCUT2D eigenvalue weighted by Crippen LogP contribution is 2.34. The Balaban J connectivity index is 2.30. The second kappa shape index (κ2) is 6.60. The lowest BCUT2D eigenvalue weighted by molar-refractivity contribution is 0.244. The summed E-state index contributed by atoms with van der Waals surface area (Å²) < 4.78 is 0. The summed E-state index contributed by atoms with van der Waals surface area (Å²) in [5.74, 6) is 0.524. The number of aliphatic hydroxyl groups is 1. The average molecular weight is 283 g/mol. The molecule has 1 aliphatic rings. The average Bonchev–Trinajstić information content (AvgIpc) is 2.78. The van der Waals surface area contributed by atoms with Crippen molar-refractivity contribution in [2.75, 3.05) is 24.6 Å². The van der Waals surface area contributed by atoms with Crippen molar-refractivity contribution in [2.24, 2.45) is 5.92 Å². The fraction of sp³-hybridized carbons (Fsp3) is 0.600. The van der Waals surface area contributed by atoms with Gasteiger partial charge in [-0.1, -0.05) is 31.5 Å². The highest BCUT2D eigenvalue weighted by Gasteiger charge is 2.31. The van der Waals surface area contributed by atoms with E-state index in [4.69, 9.17) is 11.6 Å². The number of hydrogen-bond donors (Lipinski definition) is 2. The van der Waals surface area contributed by atoms with Crippen molar-refractivity contribution in [3.63, 3.8) is 0 Å². The van der Waals surface area contributed by atoms with Gasteiger partial charge < -0.3 is 15.3 Å². The molecular weight excluding hydrogens is 260 g/mol. The SMILES string of the molecule is CCNCc1c(Cl)cccc1N1CCC(C)C1CO. The van der Waals surface area contributed by atoms with E-state index in [9.17, 15) is 5.11 Å². The second-order valence-corrected chi connectivity index (χ2v) is 5.63. The van der Waals surface area contributed by atoms with Crippen molar-refractivity contribution in [3.8, 4) is 0 Å². The van der Waals surface area contributed by atoms with Crippen LogP contribution in [-0.2, 0) is 6.54 Å². The summed E-state index contributed by atoms with van der Waals surface area (Å²) in [7, 11) is 0. The first-order valence-corrected chi connectivity index (χ1v) is 7.42. The van der Waals surface area contributed by atoms with Gasteiger partial charge in [0.1, 0.15) is 0 Å². The highest BCUT2D eigenvalue weighted by atomic mass is 35.5. The van der Waals surface area contributed by atoms with E-state index in [1.807, 2.05) is 12.1 Å². The number of nitrogens with one attached hydrogen (secondary N) is 1. The minimum atomic E-state index is 0.203. The van der Waals surface area contributed by atoms with Gasteiger partial charge in [-0.05, 0) is 31.0 Å². The Morgan fingerprint density at radius 1 is 1.47 bits per heavy atom. The predicted octanol–water partition coefficient (Wildman–Crippen LogP) is 2.66. The summed E-state index contributed by atoms with van der Waals surface area (Å²) in [6.07, 6.45) is 1.12. The number of anilines is 1. The van der Waals surface area contributed by atoms with Gasteiger partial charge in [0.2, 0.25) is 0 Å². The molecule has 1 aromatic carbocycles. The Morgan fingerprint density at radius 2 is 2.26 bits per heavy atom. The number of hydrogen-bond acceptors (Lipinski definition) is 3. The third-order valence-corrected chi connectivity index (χ3v) is 4.38. The first-order valence-electron chi connectivity index (χ1n) is 7.04. The molecule has 4 heteroatoms. The third kappa shape index (κ3) is 3.04. The van der Waals surface area contributed by atoms with Crippen LogP contribution in [0.4, 0.5) is 5.69 Å². The number of aliphatic hydroxyl groups excluding tert-OH is 1. The van der Waals surface area contributed by atoms with Gasteiger partial charge in [0.15, 0.2) is 0 Å². The van der Waals surface area contributed by atoms with E-state index in [2.05, 4.69) is 30.1 Å². The summed E-state index contributed by atoms with van der Waals surface area (Å²) in [4.78, 5) is 2.31. The Labute approximate surface area is 120 Å². The molecule has 0 spiro atoms. The van der Waals surface area contributed by atoms with Crippen LogP contribution in [0.3, 0.4) is 0 Å². The molecule has 19 heavy (non-hydrogen) atoms. The quantitative estimate of drug-likeness (QED) is 0.872. The van der Waals surface area contributed by atoms with Crippen LogP contribution in [0.5, 0.6) is 0 Å². The molecule has 0 aromatic heterocycles. The van der Waals surface area contributed by atoms with E-state index in [-0.39, 0.29) is 12.6 Å². The maximum Gasteiger partial charge on any atom is 0.0637 e. The van der Waals surface area contributed by atoms with Crippen molar-refractivity contribution < 1.29 is 5.11 Å². The largest absolute Gasteiger partial charge is 0.394 e. The van der Waals surface area contributed by atoms with Crippen LogP contribution in [0, 0.1) is 5.92 Å². The molecular formula is C15H23ClN2O. The highest BCUT2D eigenvalue weighted by molar-refractivity contribution is 6.31. The van der Waals surface area contributed by atoms with Crippen LogP contribution in [-0.4, -0.2) is 30.8 Å². The summed E-state index contributed by atoms with van der Waals surface area (Å²) >= 11 is 6.34. The maximum absolute atomic E-state index is 9.61. The van der Waals surface area contributed by atoms with Gasteiger partial charge in [-0.25, -0.2) is 0 Å². The van der Waals surface area contributed by atoms with Crippen molar-refractivity contribution in [1.29, 1.82) is 0 Å². The first-order chi connectivity index (χ1) is 9.19. The molecule has 0 aliphatic carbocycles. The monoisotopic (exact) mass is 282 g/mol. The van der Waals surface area contributed by atoms with E-state index in [0.717, 1.165) is 42.3 Å². The fourth-order valence-electron chi connectivity index (χ4n) is 2.83. The van der Waals surface area contributed by atoms with Crippen LogP contribution in [0.1, 0.15) is 25.8 Å². The van der Waals surface area contributed by atoms with E-state index < -0.39 is 0 Å². The molecule has 1 aliphatic heterocycles.